The molecule has 2 aromatic carbocycles. The molecule has 55 heavy (non-hydrogen) atoms. The van der Waals surface area contributed by atoms with Crippen LogP contribution in [0.3, 0.4) is 0 Å². The number of carbonyl (C=O) groups excluding carboxylic acids is 1. The number of hydrogen-bond donors (Lipinski definition) is 3. The number of nitrogens with two attached hydrogens (primary N) is 2. The van der Waals surface area contributed by atoms with Crippen molar-refractivity contribution in [3.8, 4) is 0 Å². The summed E-state index contributed by atoms with van der Waals surface area (Å²) in [5, 5.41) is 2.58. The van der Waals surface area contributed by atoms with Crippen LogP contribution in [0.2, 0.25) is 0 Å². The van der Waals surface area contributed by atoms with E-state index in [9.17, 15) is 13.6 Å². The summed E-state index contributed by atoms with van der Waals surface area (Å²) in [4.78, 5) is 36.3. The molecular weight excluding hydrogens is 717 g/mol. The maximum atomic E-state index is 13.8. The number of para-hydroxylation sites is 4. The van der Waals surface area contributed by atoms with Crippen molar-refractivity contribution in [2.45, 2.75) is 50.4 Å². The van der Waals surface area contributed by atoms with E-state index in [2.05, 4.69) is 29.3 Å². The first kappa shape index (κ1) is 41.1. The van der Waals surface area contributed by atoms with E-state index >= 15 is 0 Å². The molecule has 2 fully saturated rings. The average Bonchev–Trinajstić information content (AvgIpc) is 3.73. The Labute approximate surface area is 339 Å². The second-order valence-electron chi connectivity index (χ2n) is 13.2. The number of hydrogen-bond acceptors (Lipinski definition) is 10. The maximum absolute atomic E-state index is 13.8. The topological polar surface area (TPSA) is 183 Å². The van der Waals surface area contributed by atoms with Crippen molar-refractivity contribution >= 4 is 51.7 Å². The van der Waals surface area contributed by atoms with Crippen LogP contribution >= 0.6 is 0 Å². The van der Waals surface area contributed by atoms with Gasteiger partial charge in [0.1, 0.15) is 12.3 Å². The monoisotopic (exact) mass is 758 g/mol. The molecule has 4 atom stereocenters. The van der Waals surface area contributed by atoms with Crippen molar-refractivity contribution < 1.29 is 48.6 Å². The van der Waals surface area contributed by atoms with Gasteiger partial charge in [0.25, 0.3) is 0 Å². The van der Waals surface area contributed by atoms with Crippen molar-refractivity contribution in [2.75, 3.05) is 41.3 Å². The molecule has 8 rings (SSSR count). The molecule has 6 heterocycles. The Morgan fingerprint density at radius 1 is 0.764 bits per heavy atom. The van der Waals surface area contributed by atoms with E-state index in [1.165, 1.54) is 0 Å². The molecule has 6 aromatic rings. The van der Waals surface area contributed by atoms with Crippen molar-refractivity contribution in [1.82, 2.24) is 29.1 Å². The zero-order valence-electron chi connectivity index (χ0n) is 30.4. The van der Waals surface area contributed by atoms with Gasteiger partial charge in [0.05, 0.1) is 77.1 Å². The number of nitrogens with zero attached hydrogens (tertiary/aromatic N) is 9. The van der Waals surface area contributed by atoms with Crippen molar-refractivity contribution in [1.29, 1.82) is 0 Å². The average molecular weight is 759 g/mol. The molecule has 2 saturated heterocycles. The smallest absolute Gasteiger partial charge is 0.870 e. The zero-order chi connectivity index (χ0) is 36.9. The number of fused-ring (bicyclic) bond motifs is 2. The van der Waals surface area contributed by atoms with E-state index in [4.69, 9.17) is 28.0 Å². The van der Waals surface area contributed by atoms with Gasteiger partial charge in [-0.3, -0.25) is 14.8 Å². The van der Waals surface area contributed by atoms with Crippen LogP contribution in [-0.2, 0) is 17.9 Å². The number of imidazole rings is 2. The van der Waals surface area contributed by atoms with E-state index in [1.54, 1.807) is 24.5 Å². The van der Waals surface area contributed by atoms with Crippen LogP contribution in [0.5, 0.6) is 0 Å². The molecule has 4 aromatic heterocycles. The number of piperidine rings is 2. The third-order valence-electron chi connectivity index (χ3n) is 9.60. The zero-order valence-corrected chi connectivity index (χ0v) is 32.4. The molecule has 0 bridgehead atoms. The molecular formula is C38H41F2N12NaO2. The number of anilines is 3. The Morgan fingerprint density at radius 3 is 1.67 bits per heavy atom. The van der Waals surface area contributed by atoms with E-state index < -0.39 is 24.4 Å². The molecule has 2 aliphatic rings. The van der Waals surface area contributed by atoms with E-state index in [1.807, 2.05) is 70.5 Å². The number of alkyl halides is 2. The summed E-state index contributed by atoms with van der Waals surface area (Å²) in [5.74, 6) is 1.56. The summed E-state index contributed by atoms with van der Waals surface area (Å²) in [6.45, 7) is 10.1. The van der Waals surface area contributed by atoms with Gasteiger partial charge >= 0.3 is 29.6 Å². The minimum Gasteiger partial charge on any atom is -0.870 e. The number of rotatable bonds is 8. The summed E-state index contributed by atoms with van der Waals surface area (Å²) in [5.41, 5.74) is 18.5. The second kappa shape index (κ2) is 18.5. The number of amides is 1. The van der Waals surface area contributed by atoms with Gasteiger partial charge in [0.15, 0.2) is 0 Å². The molecule has 0 radical (unpaired) electrons. The summed E-state index contributed by atoms with van der Waals surface area (Å²) in [7, 11) is 0. The second-order valence-corrected chi connectivity index (χ2v) is 13.2. The van der Waals surface area contributed by atoms with Gasteiger partial charge in [-0.25, -0.2) is 23.6 Å². The molecule has 14 nitrogen and oxygen atoms in total. The van der Waals surface area contributed by atoms with E-state index in [0.717, 1.165) is 45.4 Å². The van der Waals surface area contributed by atoms with Crippen LogP contribution in [0.15, 0.2) is 85.2 Å². The summed E-state index contributed by atoms with van der Waals surface area (Å²) < 4.78 is 31.7. The fourth-order valence-corrected chi connectivity index (χ4v) is 6.76. The van der Waals surface area contributed by atoms with Gasteiger partial charge in [-0.1, -0.05) is 30.3 Å². The summed E-state index contributed by atoms with van der Waals surface area (Å²) >= 11 is 0. The number of halogens is 2. The van der Waals surface area contributed by atoms with Gasteiger partial charge in [-0.05, 0) is 55.3 Å². The SMILES string of the molecule is N[C@@H]1CN(c2nc3ccccc3n2Cc2ccc(NC=O)cn2)CC[C@H]1F.[C-]#[N+]c1ccc(Cn2c(N3CC[C@@H](F)[C@H](N)C3)nc3ccccc32)nc1.[Na+].[OH-]. The Balaban J connectivity index is 0.000000204. The Kier molecular flexibility index (Phi) is 13.9. The molecule has 17 heteroatoms. The first-order valence-corrected chi connectivity index (χ1v) is 17.5. The van der Waals surface area contributed by atoms with Crippen LogP contribution in [0.4, 0.5) is 32.1 Å². The molecule has 6 N–H and O–H groups in total. The van der Waals surface area contributed by atoms with Crippen LogP contribution in [-0.4, -0.2) is 91.6 Å². The number of aromatic nitrogens is 6. The Hall–Kier alpha value is -5.02. The van der Waals surface area contributed by atoms with E-state index in [-0.39, 0.29) is 35.0 Å². The van der Waals surface area contributed by atoms with Gasteiger partial charge < -0.3 is 41.2 Å². The van der Waals surface area contributed by atoms with Gasteiger partial charge in [0, 0.05) is 32.4 Å². The third kappa shape index (κ3) is 9.27. The van der Waals surface area contributed by atoms with E-state index in [0.29, 0.717) is 69.9 Å². The molecule has 0 unspecified atom stereocenters. The fraction of sp³-hybridized carbons (Fsp3) is 0.316. The minimum atomic E-state index is -0.974. The molecule has 0 spiro atoms. The normalized spacial score (nSPS) is 19.4. The Morgan fingerprint density at radius 2 is 1.25 bits per heavy atom. The molecule has 2 aliphatic heterocycles. The van der Waals surface area contributed by atoms with Crippen molar-refractivity contribution in [3.05, 3.63) is 108 Å². The van der Waals surface area contributed by atoms with Crippen molar-refractivity contribution in [3.63, 3.8) is 0 Å². The Bertz CT molecular complexity index is 2230. The van der Waals surface area contributed by atoms with Crippen LogP contribution < -0.4 is 56.1 Å². The fourth-order valence-electron chi connectivity index (χ4n) is 6.76. The summed E-state index contributed by atoms with van der Waals surface area (Å²) in [6, 6.07) is 22.0. The number of carbonyl (C=O) groups is 1. The van der Waals surface area contributed by atoms with Crippen LogP contribution in [0.25, 0.3) is 26.9 Å². The molecule has 280 valence electrons. The number of nitrogens with one attached hydrogen (secondary N) is 1. The molecule has 0 aliphatic carbocycles. The summed E-state index contributed by atoms with van der Waals surface area (Å²) in [6.07, 6.45) is 2.68. The van der Waals surface area contributed by atoms with Gasteiger partial charge in [-0.15, -0.1) is 0 Å². The first-order chi connectivity index (χ1) is 25.8. The third-order valence-corrected chi connectivity index (χ3v) is 9.60. The number of pyridine rings is 2. The van der Waals surface area contributed by atoms with Gasteiger partial charge in [0.2, 0.25) is 24.0 Å². The molecule has 0 saturated carbocycles. The largest absolute Gasteiger partial charge is 1.00 e. The molecule has 1 amide bonds. The quantitative estimate of drug-likeness (QED) is 0.117. The van der Waals surface area contributed by atoms with Crippen LogP contribution in [0, 0.1) is 6.57 Å². The van der Waals surface area contributed by atoms with Gasteiger partial charge in [-0.2, -0.15) is 0 Å². The van der Waals surface area contributed by atoms with Crippen LogP contribution in [0.1, 0.15) is 24.2 Å². The first-order valence-electron chi connectivity index (χ1n) is 17.5. The predicted octanol–water partition coefficient (Wildman–Crippen LogP) is 1.66. The predicted molar refractivity (Wildman–Crippen MR) is 203 cm³/mol. The minimum absolute atomic E-state index is 0. The maximum Gasteiger partial charge on any atom is 1.00 e. The standard InChI is InChI=1S/C19H21FN6O.C19H19FN6.Na.H2O/c20-15-7-8-25(11-16(15)21)19-24-17-3-1-2-4-18(17)26(19)10-14-6-5-13(9-22-14)23-12-27;1-22-13-6-7-14(23-10-13)11-26-18-5-3-2-4-17(18)24-19(26)25-9-8-15(20)16(21)12-25;;/h1-6,9,12,15-16H,7-8,10-11,21H2,(H,23,27);2-7,10,15-16H,8-9,11-12,21H2;;1H2/q;;+1;/p-1/t2*15-,16-;;/m11../s1. The number of benzene rings is 2. The van der Waals surface area contributed by atoms with Crippen molar-refractivity contribution in [2.24, 2.45) is 11.5 Å².